The Bertz CT molecular complexity index is 442. The molecule has 0 bridgehead atoms. The van der Waals surface area contributed by atoms with Gasteiger partial charge in [0.05, 0.1) is 17.2 Å². The van der Waals surface area contributed by atoms with Crippen LogP contribution >= 0.6 is 11.3 Å². The molecule has 2 aromatic heterocycles. The summed E-state index contributed by atoms with van der Waals surface area (Å²) in [5, 5.41) is 0. The zero-order valence-electron chi connectivity index (χ0n) is 8.92. The predicted octanol–water partition coefficient (Wildman–Crippen LogP) is 0.989. The summed E-state index contributed by atoms with van der Waals surface area (Å²) in [6, 6.07) is 1.88. The van der Waals surface area contributed by atoms with Crippen LogP contribution in [0.25, 0.3) is 0 Å². The van der Waals surface area contributed by atoms with Crippen LogP contribution in [0, 0.1) is 6.92 Å². The van der Waals surface area contributed by atoms with Gasteiger partial charge in [0, 0.05) is 23.7 Å². The highest BCUT2D eigenvalue weighted by atomic mass is 32.1. The molecule has 84 valence electrons. The van der Waals surface area contributed by atoms with Crippen molar-refractivity contribution in [2.75, 3.05) is 0 Å². The van der Waals surface area contributed by atoms with Gasteiger partial charge in [-0.2, -0.15) is 0 Å². The van der Waals surface area contributed by atoms with Crippen molar-refractivity contribution in [2.24, 2.45) is 5.84 Å². The van der Waals surface area contributed by atoms with Gasteiger partial charge < -0.3 is 0 Å². The van der Waals surface area contributed by atoms with E-state index in [1.807, 2.05) is 24.7 Å². The molecule has 0 aromatic carbocycles. The van der Waals surface area contributed by atoms with Crippen LogP contribution in [0.1, 0.15) is 22.4 Å². The van der Waals surface area contributed by atoms with E-state index in [0.29, 0.717) is 0 Å². The lowest BCUT2D eigenvalue weighted by Gasteiger charge is -2.14. The Morgan fingerprint density at radius 2 is 2.44 bits per heavy atom. The molecular formula is C10H13N5S. The van der Waals surface area contributed by atoms with Crippen molar-refractivity contribution in [3.63, 3.8) is 0 Å². The maximum Gasteiger partial charge on any atom is 0.125 e. The van der Waals surface area contributed by atoms with Crippen LogP contribution in [-0.4, -0.2) is 15.0 Å². The first-order valence-electron chi connectivity index (χ1n) is 4.92. The highest BCUT2D eigenvalue weighted by molar-refractivity contribution is 7.09. The third kappa shape index (κ3) is 2.60. The monoisotopic (exact) mass is 235 g/mol. The summed E-state index contributed by atoms with van der Waals surface area (Å²) in [5.74, 6) is 6.30. The second kappa shape index (κ2) is 5.11. The van der Waals surface area contributed by atoms with Gasteiger partial charge in [-0.1, -0.05) is 0 Å². The molecule has 0 aliphatic heterocycles. The topological polar surface area (TPSA) is 76.7 Å². The fourth-order valence-electron chi connectivity index (χ4n) is 1.46. The van der Waals surface area contributed by atoms with Crippen LogP contribution in [0.15, 0.2) is 24.0 Å². The van der Waals surface area contributed by atoms with Crippen molar-refractivity contribution >= 4 is 11.3 Å². The molecule has 0 saturated carbocycles. The summed E-state index contributed by atoms with van der Waals surface area (Å²) in [5.41, 5.74) is 5.49. The molecule has 0 amide bonds. The fourth-order valence-corrected chi connectivity index (χ4v) is 2.10. The van der Waals surface area contributed by atoms with Crippen molar-refractivity contribution in [1.82, 2.24) is 20.4 Å². The van der Waals surface area contributed by atoms with E-state index in [-0.39, 0.29) is 6.04 Å². The van der Waals surface area contributed by atoms with Gasteiger partial charge in [-0.15, -0.1) is 11.3 Å². The summed E-state index contributed by atoms with van der Waals surface area (Å²) in [6.07, 6.45) is 4.38. The van der Waals surface area contributed by atoms with Gasteiger partial charge in [0.15, 0.2) is 0 Å². The van der Waals surface area contributed by atoms with Crippen LogP contribution in [0.5, 0.6) is 0 Å². The van der Waals surface area contributed by atoms with Gasteiger partial charge in [0.25, 0.3) is 0 Å². The fraction of sp³-hybridized carbons (Fsp3) is 0.300. The van der Waals surface area contributed by atoms with Crippen LogP contribution in [0.4, 0.5) is 0 Å². The zero-order valence-corrected chi connectivity index (χ0v) is 9.74. The number of hydrazine groups is 1. The Kier molecular flexibility index (Phi) is 3.55. The summed E-state index contributed by atoms with van der Waals surface area (Å²) in [6.45, 7) is 1.86. The molecule has 5 nitrogen and oxygen atoms in total. The normalized spacial score (nSPS) is 12.6. The number of nitrogens with one attached hydrogen (secondary N) is 1. The second-order valence-electron chi connectivity index (χ2n) is 3.42. The standard InChI is InChI=1S/C10H13N5S/c1-7-13-3-2-9(14-7)10(15-11)4-8-5-12-6-16-8/h2-3,5-6,10,15H,4,11H2,1H3. The average molecular weight is 235 g/mol. The molecule has 0 fully saturated rings. The van der Waals surface area contributed by atoms with Crippen LogP contribution in [0.3, 0.4) is 0 Å². The van der Waals surface area contributed by atoms with E-state index in [4.69, 9.17) is 5.84 Å². The lowest BCUT2D eigenvalue weighted by Crippen LogP contribution is -2.30. The highest BCUT2D eigenvalue weighted by Gasteiger charge is 2.13. The molecule has 16 heavy (non-hydrogen) atoms. The molecule has 0 saturated heterocycles. The number of hydrogen-bond donors (Lipinski definition) is 2. The van der Waals surface area contributed by atoms with Crippen molar-refractivity contribution in [3.05, 3.63) is 40.4 Å². The van der Waals surface area contributed by atoms with Crippen molar-refractivity contribution in [1.29, 1.82) is 0 Å². The number of aryl methyl sites for hydroxylation is 1. The molecule has 0 radical (unpaired) electrons. The van der Waals surface area contributed by atoms with Crippen molar-refractivity contribution < 1.29 is 0 Å². The third-order valence-corrected chi connectivity index (χ3v) is 3.05. The van der Waals surface area contributed by atoms with E-state index < -0.39 is 0 Å². The predicted molar refractivity (Wildman–Crippen MR) is 62.7 cm³/mol. The molecule has 0 spiro atoms. The largest absolute Gasteiger partial charge is 0.271 e. The van der Waals surface area contributed by atoms with Crippen molar-refractivity contribution in [2.45, 2.75) is 19.4 Å². The SMILES string of the molecule is Cc1nccc(C(Cc2cncs2)NN)n1. The maximum atomic E-state index is 5.55. The third-order valence-electron chi connectivity index (χ3n) is 2.24. The van der Waals surface area contributed by atoms with Gasteiger partial charge in [-0.05, 0) is 13.0 Å². The number of nitrogens with two attached hydrogens (primary N) is 1. The van der Waals surface area contributed by atoms with Gasteiger partial charge in [-0.3, -0.25) is 16.3 Å². The van der Waals surface area contributed by atoms with Gasteiger partial charge in [-0.25, -0.2) is 9.97 Å². The first-order chi connectivity index (χ1) is 7.79. The Morgan fingerprint density at radius 3 is 3.06 bits per heavy atom. The Morgan fingerprint density at radius 1 is 1.56 bits per heavy atom. The minimum absolute atomic E-state index is 0.00199. The van der Waals surface area contributed by atoms with Gasteiger partial charge in [0.2, 0.25) is 0 Å². The number of nitrogens with zero attached hydrogens (tertiary/aromatic N) is 3. The molecule has 0 aliphatic rings. The molecule has 0 aliphatic carbocycles. The van der Waals surface area contributed by atoms with Crippen LogP contribution < -0.4 is 11.3 Å². The molecular weight excluding hydrogens is 222 g/mol. The van der Waals surface area contributed by atoms with E-state index in [1.54, 1.807) is 17.5 Å². The Balaban J connectivity index is 2.16. The lowest BCUT2D eigenvalue weighted by atomic mass is 10.1. The van der Waals surface area contributed by atoms with Gasteiger partial charge in [0.1, 0.15) is 5.82 Å². The van der Waals surface area contributed by atoms with E-state index >= 15 is 0 Å². The minimum atomic E-state index is 0.00199. The summed E-state index contributed by atoms with van der Waals surface area (Å²) >= 11 is 1.62. The number of aromatic nitrogens is 3. The summed E-state index contributed by atoms with van der Waals surface area (Å²) in [4.78, 5) is 13.6. The number of hydrogen-bond acceptors (Lipinski definition) is 6. The van der Waals surface area contributed by atoms with Crippen LogP contribution in [0.2, 0.25) is 0 Å². The molecule has 3 N–H and O–H groups in total. The molecule has 1 atom stereocenters. The summed E-state index contributed by atoms with van der Waals surface area (Å²) in [7, 11) is 0. The lowest BCUT2D eigenvalue weighted by molar-refractivity contribution is 0.538. The minimum Gasteiger partial charge on any atom is -0.271 e. The van der Waals surface area contributed by atoms with E-state index in [1.165, 1.54) is 4.88 Å². The Hall–Kier alpha value is -1.37. The van der Waals surface area contributed by atoms with Gasteiger partial charge >= 0.3 is 0 Å². The maximum absolute atomic E-state index is 5.55. The molecule has 1 unspecified atom stereocenters. The van der Waals surface area contributed by atoms with Crippen molar-refractivity contribution in [3.8, 4) is 0 Å². The molecule has 2 aromatic rings. The molecule has 2 heterocycles. The van der Waals surface area contributed by atoms with Crippen LogP contribution in [-0.2, 0) is 6.42 Å². The molecule has 6 heteroatoms. The quantitative estimate of drug-likeness (QED) is 0.610. The number of thiazole rings is 1. The Labute approximate surface area is 97.7 Å². The highest BCUT2D eigenvalue weighted by Crippen LogP contribution is 2.17. The first-order valence-corrected chi connectivity index (χ1v) is 5.80. The number of rotatable bonds is 4. The average Bonchev–Trinajstić information content (AvgIpc) is 2.78. The first kappa shape index (κ1) is 11.1. The zero-order chi connectivity index (χ0) is 11.4. The summed E-state index contributed by atoms with van der Waals surface area (Å²) < 4.78 is 0. The van der Waals surface area contributed by atoms with E-state index in [2.05, 4.69) is 20.4 Å². The smallest absolute Gasteiger partial charge is 0.125 e. The molecule has 2 rings (SSSR count). The van der Waals surface area contributed by atoms with E-state index in [9.17, 15) is 0 Å². The van der Waals surface area contributed by atoms with E-state index in [0.717, 1.165) is 17.9 Å². The second-order valence-corrected chi connectivity index (χ2v) is 4.39.